The third kappa shape index (κ3) is 4.56. The summed E-state index contributed by atoms with van der Waals surface area (Å²) in [6.45, 7) is 3.32. The topological polar surface area (TPSA) is 32.3 Å². The number of carbonyl (C=O) groups is 1. The highest BCUT2D eigenvalue weighted by molar-refractivity contribution is 7.10. The SMILES string of the molecule is Cl.O=C([C@@H]1CCCNC1)N(Cc1cccs1)Cc1cccs1. The van der Waals surface area contributed by atoms with Gasteiger partial charge in [-0.25, -0.2) is 0 Å². The van der Waals surface area contributed by atoms with Gasteiger partial charge in [0.2, 0.25) is 5.91 Å². The molecule has 2 aromatic heterocycles. The highest BCUT2D eigenvalue weighted by Crippen LogP contribution is 2.21. The first-order chi connectivity index (χ1) is 10.3. The van der Waals surface area contributed by atoms with Crippen molar-refractivity contribution in [3.8, 4) is 0 Å². The van der Waals surface area contributed by atoms with Crippen molar-refractivity contribution in [2.75, 3.05) is 13.1 Å². The van der Waals surface area contributed by atoms with Gasteiger partial charge in [-0.3, -0.25) is 4.79 Å². The monoisotopic (exact) mass is 356 g/mol. The maximum absolute atomic E-state index is 12.8. The molecule has 3 heterocycles. The Hall–Kier alpha value is -0.880. The Morgan fingerprint density at radius 2 is 1.82 bits per heavy atom. The molecule has 3 rings (SSSR count). The largest absolute Gasteiger partial charge is 0.332 e. The molecule has 0 aromatic carbocycles. The maximum Gasteiger partial charge on any atom is 0.227 e. The number of halogens is 1. The molecular formula is C16H21ClN2OS2. The summed E-state index contributed by atoms with van der Waals surface area (Å²) < 4.78 is 0. The lowest BCUT2D eigenvalue weighted by Gasteiger charge is -2.29. The number of carbonyl (C=O) groups excluding carboxylic acids is 1. The molecule has 1 amide bonds. The van der Waals surface area contributed by atoms with Crippen LogP contribution in [0.2, 0.25) is 0 Å². The van der Waals surface area contributed by atoms with Gasteiger partial charge >= 0.3 is 0 Å². The molecule has 1 atom stereocenters. The van der Waals surface area contributed by atoms with Crippen LogP contribution in [0.25, 0.3) is 0 Å². The summed E-state index contributed by atoms with van der Waals surface area (Å²) in [4.78, 5) is 17.4. The van der Waals surface area contributed by atoms with Gasteiger partial charge in [0.15, 0.2) is 0 Å². The number of hydrogen-bond acceptors (Lipinski definition) is 4. The zero-order valence-corrected chi connectivity index (χ0v) is 14.8. The molecular weight excluding hydrogens is 336 g/mol. The molecule has 1 aliphatic rings. The van der Waals surface area contributed by atoms with Crippen molar-refractivity contribution < 1.29 is 4.79 Å². The minimum atomic E-state index is 0. The second kappa shape index (κ2) is 8.67. The highest BCUT2D eigenvalue weighted by Gasteiger charge is 2.26. The Bertz CT molecular complexity index is 514. The van der Waals surface area contributed by atoms with Crippen LogP contribution in [0.3, 0.4) is 0 Å². The molecule has 0 unspecified atom stereocenters. The predicted molar refractivity (Wildman–Crippen MR) is 95.7 cm³/mol. The molecule has 120 valence electrons. The Morgan fingerprint density at radius 3 is 2.27 bits per heavy atom. The first kappa shape index (κ1) is 17.5. The summed E-state index contributed by atoms with van der Waals surface area (Å²) in [5, 5.41) is 7.50. The van der Waals surface area contributed by atoms with Gasteiger partial charge in [-0.05, 0) is 42.3 Å². The van der Waals surface area contributed by atoms with Crippen LogP contribution < -0.4 is 5.32 Å². The smallest absolute Gasteiger partial charge is 0.227 e. The van der Waals surface area contributed by atoms with Gasteiger partial charge in [-0.2, -0.15) is 0 Å². The summed E-state index contributed by atoms with van der Waals surface area (Å²) in [5.74, 6) is 0.433. The second-order valence-electron chi connectivity index (χ2n) is 5.40. The maximum atomic E-state index is 12.8. The van der Waals surface area contributed by atoms with Crippen molar-refractivity contribution in [1.82, 2.24) is 10.2 Å². The molecule has 0 bridgehead atoms. The summed E-state index contributed by atoms with van der Waals surface area (Å²) in [6, 6.07) is 8.32. The number of hydrogen-bond donors (Lipinski definition) is 1. The van der Waals surface area contributed by atoms with E-state index in [1.165, 1.54) is 9.75 Å². The standard InChI is InChI=1S/C16H20N2OS2.ClH/c19-16(13-4-1-7-17-10-13)18(11-14-5-2-8-20-14)12-15-6-3-9-21-15;/h2-3,5-6,8-9,13,17H,1,4,7,10-12H2;1H/t13-;/m1./s1. The number of rotatable bonds is 5. The number of nitrogens with one attached hydrogen (secondary N) is 1. The average molecular weight is 357 g/mol. The predicted octanol–water partition coefficient (Wildman–Crippen LogP) is 3.76. The van der Waals surface area contributed by atoms with E-state index >= 15 is 0 Å². The first-order valence-corrected chi connectivity index (χ1v) is 9.13. The van der Waals surface area contributed by atoms with Gasteiger partial charge in [0.05, 0.1) is 19.0 Å². The molecule has 0 spiro atoms. The molecule has 0 saturated carbocycles. The number of nitrogens with zero attached hydrogens (tertiary/aromatic N) is 1. The molecule has 1 aliphatic heterocycles. The fourth-order valence-electron chi connectivity index (χ4n) is 2.71. The molecule has 6 heteroatoms. The van der Waals surface area contributed by atoms with E-state index in [-0.39, 0.29) is 18.3 Å². The van der Waals surface area contributed by atoms with E-state index in [1.54, 1.807) is 22.7 Å². The molecule has 1 fully saturated rings. The molecule has 3 nitrogen and oxygen atoms in total. The summed E-state index contributed by atoms with van der Waals surface area (Å²) in [6.07, 6.45) is 2.11. The minimum Gasteiger partial charge on any atom is -0.332 e. The van der Waals surface area contributed by atoms with Crippen molar-refractivity contribution in [3.05, 3.63) is 44.8 Å². The van der Waals surface area contributed by atoms with E-state index in [9.17, 15) is 4.79 Å². The van der Waals surface area contributed by atoms with Gasteiger partial charge in [0.25, 0.3) is 0 Å². The highest BCUT2D eigenvalue weighted by atomic mass is 35.5. The van der Waals surface area contributed by atoms with Crippen LogP contribution in [0.4, 0.5) is 0 Å². The fourth-order valence-corrected chi connectivity index (χ4v) is 4.15. The van der Waals surface area contributed by atoms with Crippen molar-refractivity contribution in [2.24, 2.45) is 5.92 Å². The van der Waals surface area contributed by atoms with E-state index in [1.807, 2.05) is 4.90 Å². The Labute approximate surface area is 145 Å². The van der Waals surface area contributed by atoms with Crippen molar-refractivity contribution in [1.29, 1.82) is 0 Å². The minimum absolute atomic E-state index is 0. The average Bonchev–Trinajstić information content (AvgIpc) is 3.20. The Kier molecular flexibility index (Phi) is 6.89. The quantitative estimate of drug-likeness (QED) is 0.884. The van der Waals surface area contributed by atoms with Gasteiger partial charge in [0.1, 0.15) is 0 Å². The van der Waals surface area contributed by atoms with E-state index in [2.05, 4.69) is 40.3 Å². The molecule has 1 saturated heterocycles. The van der Waals surface area contributed by atoms with Crippen molar-refractivity contribution >= 4 is 41.0 Å². The summed E-state index contributed by atoms with van der Waals surface area (Å²) in [5.41, 5.74) is 0. The van der Waals surface area contributed by atoms with Gasteiger partial charge in [0, 0.05) is 16.3 Å². The molecule has 0 aliphatic carbocycles. The lowest BCUT2D eigenvalue weighted by atomic mass is 9.98. The lowest BCUT2D eigenvalue weighted by Crippen LogP contribution is -2.42. The Morgan fingerprint density at radius 1 is 1.18 bits per heavy atom. The first-order valence-electron chi connectivity index (χ1n) is 7.37. The van der Waals surface area contributed by atoms with Gasteiger partial charge in [-0.1, -0.05) is 12.1 Å². The summed E-state index contributed by atoms with van der Waals surface area (Å²) >= 11 is 3.44. The van der Waals surface area contributed by atoms with Crippen LogP contribution in [-0.2, 0) is 17.9 Å². The molecule has 1 N–H and O–H groups in total. The van der Waals surface area contributed by atoms with Gasteiger partial charge < -0.3 is 10.2 Å². The fraction of sp³-hybridized carbons (Fsp3) is 0.438. The van der Waals surface area contributed by atoms with Crippen LogP contribution in [0.15, 0.2) is 35.0 Å². The van der Waals surface area contributed by atoms with Crippen LogP contribution in [0, 0.1) is 5.92 Å². The van der Waals surface area contributed by atoms with Gasteiger partial charge in [-0.15, -0.1) is 35.1 Å². The molecule has 0 radical (unpaired) electrons. The molecule has 2 aromatic rings. The van der Waals surface area contributed by atoms with E-state index in [4.69, 9.17) is 0 Å². The van der Waals surface area contributed by atoms with E-state index in [0.717, 1.165) is 39.0 Å². The van der Waals surface area contributed by atoms with Crippen LogP contribution in [0.1, 0.15) is 22.6 Å². The lowest BCUT2D eigenvalue weighted by molar-refractivity contribution is -0.137. The van der Waals surface area contributed by atoms with E-state index in [0.29, 0.717) is 5.91 Å². The van der Waals surface area contributed by atoms with Crippen molar-refractivity contribution in [2.45, 2.75) is 25.9 Å². The number of thiophene rings is 2. The van der Waals surface area contributed by atoms with E-state index < -0.39 is 0 Å². The number of piperidine rings is 1. The Balaban J connectivity index is 0.00000176. The van der Waals surface area contributed by atoms with Crippen LogP contribution in [-0.4, -0.2) is 23.9 Å². The van der Waals surface area contributed by atoms with Crippen molar-refractivity contribution in [3.63, 3.8) is 0 Å². The van der Waals surface area contributed by atoms with Crippen LogP contribution in [0.5, 0.6) is 0 Å². The third-order valence-electron chi connectivity index (χ3n) is 3.81. The van der Waals surface area contributed by atoms with Crippen LogP contribution >= 0.6 is 35.1 Å². The summed E-state index contributed by atoms with van der Waals surface area (Å²) in [7, 11) is 0. The second-order valence-corrected chi connectivity index (χ2v) is 7.46. The molecule has 22 heavy (non-hydrogen) atoms. The normalized spacial score (nSPS) is 17.7. The number of amides is 1. The third-order valence-corrected chi connectivity index (χ3v) is 5.53. The zero-order chi connectivity index (χ0) is 14.5. The zero-order valence-electron chi connectivity index (χ0n) is 12.4.